The number of aryl methyl sites for hydroxylation is 2. The first-order valence-electron chi connectivity index (χ1n) is 11.6. The number of rotatable bonds is 9. The third kappa shape index (κ3) is 4.79. The molecule has 4 heterocycles. The zero-order valence-corrected chi connectivity index (χ0v) is 23.9. The number of hydrogen-bond donors (Lipinski definition) is 0. The molecule has 15 heteroatoms. The minimum Gasteiger partial charge on any atom is -0.313 e. The van der Waals surface area contributed by atoms with Crippen molar-refractivity contribution in [1.29, 1.82) is 0 Å². The Balaban J connectivity index is 1.71. The van der Waals surface area contributed by atoms with Crippen LogP contribution in [-0.2, 0) is 27.9 Å². The summed E-state index contributed by atoms with van der Waals surface area (Å²) in [5.74, 6) is 0. The summed E-state index contributed by atoms with van der Waals surface area (Å²) in [6.07, 6.45) is 3.13. The van der Waals surface area contributed by atoms with Gasteiger partial charge >= 0.3 is 13.1 Å². The van der Waals surface area contributed by atoms with Crippen LogP contribution in [0.4, 0.5) is 0 Å². The topological polar surface area (TPSA) is 124 Å². The summed E-state index contributed by atoms with van der Waals surface area (Å²) in [6, 6.07) is 4.53. The molecular formula is C23H22BClN5O5S3. The van der Waals surface area contributed by atoms with Gasteiger partial charge in [-0.2, -0.15) is 0 Å². The smallest absolute Gasteiger partial charge is 0.313 e. The summed E-state index contributed by atoms with van der Waals surface area (Å²) >= 11 is 8.16. The first-order valence-corrected chi connectivity index (χ1v) is 15.0. The molecule has 0 unspecified atom stereocenters. The van der Waals surface area contributed by atoms with E-state index in [-0.39, 0.29) is 32.7 Å². The van der Waals surface area contributed by atoms with Crippen LogP contribution in [0.5, 0.6) is 0 Å². The lowest BCUT2D eigenvalue weighted by Gasteiger charge is -2.25. The molecule has 10 nitrogen and oxygen atoms in total. The summed E-state index contributed by atoms with van der Waals surface area (Å²) in [5, 5.41) is 1.20. The molecule has 0 saturated heterocycles. The third-order valence-electron chi connectivity index (χ3n) is 6.52. The number of halogens is 1. The van der Waals surface area contributed by atoms with Crippen LogP contribution in [0, 0.1) is 13.8 Å². The summed E-state index contributed by atoms with van der Waals surface area (Å²) in [6.45, 7) is 5.51. The van der Waals surface area contributed by atoms with Gasteiger partial charge in [-0.15, -0.1) is 22.7 Å². The summed E-state index contributed by atoms with van der Waals surface area (Å²) in [5.41, 5.74) is -0.561. The number of aromatic nitrogens is 4. The van der Waals surface area contributed by atoms with Crippen LogP contribution in [0.25, 0.3) is 10.2 Å². The zero-order valence-electron chi connectivity index (χ0n) is 20.7. The molecule has 0 aliphatic heterocycles. The number of nitrogens with zero attached hydrogens (tertiary/aromatic N) is 5. The number of carbonyl (C=O) groups excluding carboxylic acids is 1. The highest BCUT2D eigenvalue weighted by atomic mass is 35.5. The number of sulfonamides is 1. The molecule has 0 spiro atoms. The van der Waals surface area contributed by atoms with Crippen LogP contribution < -0.4 is 11.2 Å². The molecule has 38 heavy (non-hydrogen) atoms. The van der Waals surface area contributed by atoms with Gasteiger partial charge in [-0.25, -0.2) is 27.4 Å². The van der Waals surface area contributed by atoms with Crippen LogP contribution in [-0.4, -0.2) is 50.9 Å². The molecule has 1 radical (unpaired) electrons. The maximum Gasteiger partial charge on any atom is 0.332 e. The molecule has 0 N–H and O–H groups in total. The SMILES string of the molecule is Cc1nc(C)c(Cn2c(=O)n(Cc3ccc(Cl)nc3)c(=O)c3cc(S(=O)(=O)N([B]C=O)C4(C)CC4)sc32)s1. The molecule has 197 valence electrons. The molecule has 1 saturated carbocycles. The van der Waals surface area contributed by atoms with Crippen molar-refractivity contribution >= 4 is 68.1 Å². The number of thiazole rings is 1. The number of fused-ring (bicyclic) bond motifs is 1. The van der Waals surface area contributed by atoms with Gasteiger partial charge in [-0.05, 0) is 51.3 Å². The molecule has 0 bridgehead atoms. The van der Waals surface area contributed by atoms with Crippen molar-refractivity contribution in [2.24, 2.45) is 0 Å². The fourth-order valence-corrected chi connectivity index (χ4v) is 8.48. The van der Waals surface area contributed by atoms with Crippen molar-refractivity contribution in [2.45, 2.75) is 56.5 Å². The second kappa shape index (κ2) is 9.83. The fourth-order valence-electron chi connectivity index (χ4n) is 4.23. The van der Waals surface area contributed by atoms with E-state index in [1.165, 1.54) is 28.2 Å². The van der Waals surface area contributed by atoms with Gasteiger partial charge in [-0.1, -0.05) is 17.7 Å². The number of carbonyl (C=O) groups is 1. The number of thiophene rings is 1. The van der Waals surface area contributed by atoms with E-state index in [1.807, 2.05) is 13.8 Å². The highest BCUT2D eigenvalue weighted by Crippen LogP contribution is 2.44. The minimum atomic E-state index is -4.15. The Kier molecular flexibility index (Phi) is 6.97. The third-order valence-corrected chi connectivity index (χ3v) is 11.3. The van der Waals surface area contributed by atoms with Crippen LogP contribution in [0.1, 0.15) is 40.9 Å². The average molecular weight is 591 g/mol. The Bertz CT molecular complexity index is 1790. The lowest BCUT2D eigenvalue weighted by molar-refractivity contribution is 0.454. The van der Waals surface area contributed by atoms with Gasteiger partial charge in [0.05, 0.1) is 35.4 Å². The monoisotopic (exact) mass is 590 g/mol. The molecular weight excluding hydrogens is 569 g/mol. The van der Waals surface area contributed by atoms with Gasteiger partial charge in [0, 0.05) is 16.6 Å². The Morgan fingerprint density at radius 1 is 1.18 bits per heavy atom. The Morgan fingerprint density at radius 3 is 2.50 bits per heavy atom. The zero-order chi connectivity index (χ0) is 27.4. The lowest BCUT2D eigenvalue weighted by Crippen LogP contribution is -2.43. The van der Waals surface area contributed by atoms with Gasteiger partial charge in [-0.3, -0.25) is 13.9 Å². The molecule has 4 aromatic heterocycles. The number of hydrogen-bond acceptors (Lipinski definition) is 9. The maximum atomic E-state index is 13.7. The van der Waals surface area contributed by atoms with Crippen molar-refractivity contribution in [3.8, 4) is 0 Å². The van der Waals surface area contributed by atoms with Crippen LogP contribution in [0.2, 0.25) is 5.15 Å². The average Bonchev–Trinajstić information content (AvgIpc) is 3.29. The van der Waals surface area contributed by atoms with Gasteiger partial charge in [0.25, 0.3) is 5.56 Å². The second-order valence-electron chi connectivity index (χ2n) is 9.36. The quantitative estimate of drug-likeness (QED) is 0.167. The second-order valence-corrected chi connectivity index (χ2v) is 14.1. The molecule has 0 atom stereocenters. The van der Waals surface area contributed by atoms with Crippen molar-refractivity contribution < 1.29 is 13.2 Å². The molecule has 5 rings (SSSR count). The van der Waals surface area contributed by atoms with Crippen LogP contribution in [0.15, 0.2) is 38.2 Å². The predicted octanol–water partition coefficient (Wildman–Crippen LogP) is 2.80. The van der Waals surface area contributed by atoms with E-state index in [4.69, 9.17) is 11.6 Å². The molecule has 1 aliphatic carbocycles. The van der Waals surface area contributed by atoms with E-state index in [2.05, 4.69) is 9.97 Å². The minimum absolute atomic E-state index is 0.0699. The molecule has 4 aromatic rings. The van der Waals surface area contributed by atoms with E-state index in [0.717, 1.165) is 43.1 Å². The van der Waals surface area contributed by atoms with Crippen molar-refractivity contribution in [1.82, 2.24) is 23.3 Å². The number of pyridine rings is 1. The summed E-state index contributed by atoms with van der Waals surface area (Å²) in [7, 11) is -3.14. The summed E-state index contributed by atoms with van der Waals surface area (Å²) in [4.78, 5) is 48.1. The van der Waals surface area contributed by atoms with Crippen molar-refractivity contribution in [3.63, 3.8) is 0 Å². The summed E-state index contributed by atoms with van der Waals surface area (Å²) < 4.78 is 30.7. The van der Waals surface area contributed by atoms with E-state index >= 15 is 0 Å². The van der Waals surface area contributed by atoms with Crippen LogP contribution in [0.3, 0.4) is 0 Å². The maximum absolute atomic E-state index is 13.7. The van der Waals surface area contributed by atoms with E-state index < -0.39 is 26.8 Å². The van der Waals surface area contributed by atoms with Gasteiger partial charge in [0.2, 0.25) is 10.0 Å². The van der Waals surface area contributed by atoms with E-state index in [9.17, 15) is 22.8 Å². The first kappa shape index (κ1) is 26.9. The van der Waals surface area contributed by atoms with E-state index in [0.29, 0.717) is 24.6 Å². The van der Waals surface area contributed by atoms with Gasteiger partial charge < -0.3 is 4.79 Å². The highest BCUT2D eigenvalue weighted by molar-refractivity contribution is 7.92. The van der Waals surface area contributed by atoms with Crippen LogP contribution >= 0.6 is 34.3 Å². The van der Waals surface area contributed by atoms with Gasteiger partial charge in [0.1, 0.15) is 14.2 Å². The highest BCUT2D eigenvalue weighted by Gasteiger charge is 2.49. The largest absolute Gasteiger partial charge is 0.332 e. The molecule has 0 amide bonds. The van der Waals surface area contributed by atoms with Gasteiger partial charge in [0.15, 0.2) is 0 Å². The normalized spacial score (nSPS) is 14.8. The molecule has 0 aromatic carbocycles. The first-order chi connectivity index (χ1) is 17.9. The van der Waals surface area contributed by atoms with Crippen molar-refractivity contribution in [2.75, 3.05) is 0 Å². The van der Waals surface area contributed by atoms with Crippen molar-refractivity contribution in [3.05, 3.63) is 71.5 Å². The molecule has 1 fully saturated rings. The Labute approximate surface area is 231 Å². The van der Waals surface area contributed by atoms with E-state index in [1.54, 1.807) is 19.1 Å². The Hall–Kier alpha value is -2.65. The Morgan fingerprint density at radius 2 is 1.92 bits per heavy atom. The molecule has 1 aliphatic rings. The lowest BCUT2D eigenvalue weighted by atomic mass is 9.96. The fraction of sp³-hybridized carbons (Fsp3) is 0.348. The standard InChI is InChI=1S/C23H22BClN5O5S3/c1-13-17(36-14(2)27-13)11-29-21-16(20(32)28(22(29)33)10-15-4-5-18(25)26-9-15)8-19(37-21)38(34,35)30(24-12-31)23(3)6-7-23/h4-5,8-9,12H,6-7,10-11H2,1-3H3. The predicted molar refractivity (Wildman–Crippen MR) is 149 cm³/mol.